The number of halogens is 1. The predicted octanol–water partition coefficient (Wildman–Crippen LogP) is 3.41. The third-order valence-corrected chi connectivity index (χ3v) is 3.49. The Hall–Kier alpha value is -2.56. The van der Waals surface area contributed by atoms with E-state index >= 15 is 0 Å². The SMILES string of the molecule is Cc1ccc(O[C@H](C)C(=O)NCCOc2ccc(F)cc2)c(C)c1. The smallest absolute Gasteiger partial charge is 0.260 e. The van der Waals surface area contributed by atoms with Gasteiger partial charge >= 0.3 is 0 Å². The number of carbonyl (C=O) groups is 1. The number of hydrogen-bond acceptors (Lipinski definition) is 3. The van der Waals surface area contributed by atoms with Crippen LogP contribution in [-0.2, 0) is 4.79 Å². The fraction of sp³-hybridized carbons (Fsp3) is 0.316. The maximum atomic E-state index is 12.8. The second-order valence-electron chi connectivity index (χ2n) is 5.62. The van der Waals surface area contributed by atoms with Gasteiger partial charge in [-0.25, -0.2) is 4.39 Å². The molecule has 0 heterocycles. The van der Waals surface area contributed by atoms with E-state index in [1.165, 1.54) is 12.1 Å². The number of carbonyl (C=O) groups excluding carboxylic acids is 1. The highest BCUT2D eigenvalue weighted by Crippen LogP contribution is 2.20. The van der Waals surface area contributed by atoms with Gasteiger partial charge in [0.25, 0.3) is 5.91 Å². The minimum absolute atomic E-state index is 0.210. The third-order valence-electron chi connectivity index (χ3n) is 3.49. The molecular weight excluding hydrogens is 309 g/mol. The lowest BCUT2D eigenvalue weighted by Crippen LogP contribution is -2.38. The Bertz CT molecular complexity index is 686. The maximum Gasteiger partial charge on any atom is 0.260 e. The fourth-order valence-electron chi connectivity index (χ4n) is 2.19. The lowest BCUT2D eigenvalue weighted by Gasteiger charge is -2.16. The Morgan fingerprint density at radius 2 is 1.88 bits per heavy atom. The molecule has 5 heteroatoms. The van der Waals surface area contributed by atoms with E-state index in [2.05, 4.69) is 5.32 Å². The summed E-state index contributed by atoms with van der Waals surface area (Å²) in [6.07, 6.45) is -0.600. The standard InChI is InChI=1S/C19H22FNO3/c1-13-4-9-18(14(2)12-13)24-15(3)19(22)21-10-11-23-17-7-5-16(20)6-8-17/h4-9,12,15H,10-11H2,1-3H3,(H,21,22)/t15-/m1/s1. The van der Waals surface area contributed by atoms with Crippen LogP contribution in [0.15, 0.2) is 42.5 Å². The Balaban J connectivity index is 1.74. The Kier molecular flexibility index (Phi) is 6.18. The molecule has 0 saturated carbocycles. The van der Waals surface area contributed by atoms with E-state index in [0.29, 0.717) is 24.7 Å². The molecule has 0 unspecified atom stereocenters. The summed E-state index contributed by atoms with van der Waals surface area (Å²) in [4.78, 5) is 12.0. The molecule has 128 valence electrons. The van der Waals surface area contributed by atoms with Gasteiger partial charge in [0.2, 0.25) is 0 Å². The predicted molar refractivity (Wildman–Crippen MR) is 90.9 cm³/mol. The van der Waals surface area contributed by atoms with Crippen molar-refractivity contribution >= 4 is 5.91 Å². The van der Waals surface area contributed by atoms with Gasteiger partial charge in [0, 0.05) is 0 Å². The van der Waals surface area contributed by atoms with Crippen LogP contribution in [0, 0.1) is 19.7 Å². The average molecular weight is 331 g/mol. The van der Waals surface area contributed by atoms with Crippen LogP contribution in [0.25, 0.3) is 0 Å². The number of benzene rings is 2. The van der Waals surface area contributed by atoms with Gasteiger partial charge in [0.1, 0.15) is 23.9 Å². The van der Waals surface area contributed by atoms with Crippen LogP contribution in [0.4, 0.5) is 4.39 Å². The van der Waals surface area contributed by atoms with Crippen molar-refractivity contribution in [2.24, 2.45) is 0 Å². The van der Waals surface area contributed by atoms with Crippen LogP contribution in [0.5, 0.6) is 11.5 Å². The number of ether oxygens (including phenoxy) is 2. The molecule has 0 spiro atoms. The number of hydrogen-bond donors (Lipinski definition) is 1. The van der Waals surface area contributed by atoms with Gasteiger partial charge < -0.3 is 14.8 Å². The first kappa shape index (κ1) is 17.8. The molecular formula is C19H22FNO3. The average Bonchev–Trinajstić information content (AvgIpc) is 2.55. The zero-order valence-electron chi connectivity index (χ0n) is 14.1. The van der Waals surface area contributed by atoms with Crippen LogP contribution in [0.2, 0.25) is 0 Å². The van der Waals surface area contributed by atoms with Crippen LogP contribution < -0.4 is 14.8 Å². The van der Waals surface area contributed by atoms with Gasteiger partial charge in [-0.15, -0.1) is 0 Å². The minimum atomic E-state index is -0.600. The highest BCUT2D eigenvalue weighted by molar-refractivity contribution is 5.80. The molecule has 2 rings (SSSR count). The first-order valence-corrected chi connectivity index (χ1v) is 7.85. The molecule has 0 bridgehead atoms. The number of amides is 1. The van der Waals surface area contributed by atoms with Gasteiger partial charge in [-0.05, 0) is 56.7 Å². The summed E-state index contributed by atoms with van der Waals surface area (Å²) in [6, 6.07) is 11.6. The van der Waals surface area contributed by atoms with Crippen molar-refractivity contribution in [2.45, 2.75) is 26.9 Å². The normalized spacial score (nSPS) is 11.7. The van der Waals surface area contributed by atoms with E-state index in [1.807, 2.05) is 32.0 Å². The molecule has 0 aliphatic carbocycles. The van der Waals surface area contributed by atoms with Crippen LogP contribution in [-0.4, -0.2) is 25.2 Å². The number of nitrogens with one attached hydrogen (secondary N) is 1. The molecule has 1 N–H and O–H groups in total. The molecule has 0 aliphatic heterocycles. The zero-order chi connectivity index (χ0) is 17.5. The van der Waals surface area contributed by atoms with E-state index in [0.717, 1.165) is 11.1 Å². The van der Waals surface area contributed by atoms with E-state index in [9.17, 15) is 9.18 Å². The molecule has 4 nitrogen and oxygen atoms in total. The van der Waals surface area contributed by atoms with Crippen molar-refractivity contribution in [2.75, 3.05) is 13.2 Å². The van der Waals surface area contributed by atoms with Crippen molar-refractivity contribution in [3.8, 4) is 11.5 Å². The maximum absolute atomic E-state index is 12.8. The second-order valence-corrected chi connectivity index (χ2v) is 5.62. The van der Waals surface area contributed by atoms with Crippen molar-refractivity contribution in [3.05, 3.63) is 59.4 Å². The van der Waals surface area contributed by atoms with E-state index in [4.69, 9.17) is 9.47 Å². The van der Waals surface area contributed by atoms with Crippen molar-refractivity contribution in [3.63, 3.8) is 0 Å². The topological polar surface area (TPSA) is 47.6 Å². The summed E-state index contributed by atoms with van der Waals surface area (Å²) in [5, 5.41) is 2.75. The largest absolute Gasteiger partial charge is 0.492 e. The molecule has 0 saturated heterocycles. The van der Waals surface area contributed by atoms with E-state index < -0.39 is 6.10 Å². The lowest BCUT2D eigenvalue weighted by molar-refractivity contribution is -0.127. The summed E-state index contributed by atoms with van der Waals surface area (Å²) >= 11 is 0. The molecule has 2 aromatic carbocycles. The molecule has 1 amide bonds. The zero-order valence-corrected chi connectivity index (χ0v) is 14.1. The molecule has 2 aromatic rings. The van der Waals surface area contributed by atoms with Crippen LogP contribution in [0.1, 0.15) is 18.1 Å². The van der Waals surface area contributed by atoms with Gasteiger partial charge in [-0.3, -0.25) is 4.79 Å². The molecule has 0 aliphatic rings. The van der Waals surface area contributed by atoms with E-state index in [1.54, 1.807) is 19.1 Å². The van der Waals surface area contributed by atoms with Gasteiger partial charge in [-0.2, -0.15) is 0 Å². The lowest BCUT2D eigenvalue weighted by atomic mass is 10.1. The Labute approximate surface area is 141 Å². The molecule has 0 radical (unpaired) electrons. The molecule has 0 fully saturated rings. The second kappa shape index (κ2) is 8.34. The monoisotopic (exact) mass is 331 g/mol. The summed E-state index contributed by atoms with van der Waals surface area (Å²) in [5.74, 6) is 0.738. The Morgan fingerprint density at radius 1 is 1.17 bits per heavy atom. The van der Waals surface area contributed by atoms with Crippen LogP contribution in [0.3, 0.4) is 0 Å². The molecule has 0 aromatic heterocycles. The highest BCUT2D eigenvalue weighted by atomic mass is 19.1. The van der Waals surface area contributed by atoms with Gasteiger partial charge in [0.15, 0.2) is 6.10 Å². The molecule has 1 atom stereocenters. The first-order valence-electron chi connectivity index (χ1n) is 7.85. The quantitative estimate of drug-likeness (QED) is 0.791. The fourth-order valence-corrected chi connectivity index (χ4v) is 2.19. The minimum Gasteiger partial charge on any atom is -0.492 e. The van der Waals surface area contributed by atoms with Gasteiger partial charge in [-0.1, -0.05) is 17.7 Å². The van der Waals surface area contributed by atoms with Crippen molar-refractivity contribution in [1.82, 2.24) is 5.32 Å². The third kappa shape index (κ3) is 5.26. The van der Waals surface area contributed by atoms with Crippen LogP contribution >= 0.6 is 0 Å². The summed E-state index contributed by atoms with van der Waals surface area (Å²) in [5.41, 5.74) is 2.14. The summed E-state index contributed by atoms with van der Waals surface area (Å²) < 4.78 is 23.9. The number of rotatable bonds is 7. The summed E-state index contributed by atoms with van der Waals surface area (Å²) in [7, 11) is 0. The van der Waals surface area contributed by atoms with Gasteiger partial charge in [0.05, 0.1) is 6.54 Å². The molecule has 24 heavy (non-hydrogen) atoms. The highest BCUT2D eigenvalue weighted by Gasteiger charge is 2.15. The van der Waals surface area contributed by atoms with Crippen molar-refractivity contribution < 1.29 is 18.7 Å². The van der Waals surface area contributed by atoms with Crippen molar-refractivity contribution in [1.29, 1.82) is 0 Å². The number of aryl methyl sites for hydroxylation is 2. The Morgan fingerprint density at radius 3 is 2.54 bits per heavy atom. The van der Waals surface area contributed by atoms with E-state index in [-0.39, 0.29) is 11.7 Å². The summed E-state index contributed by atoms with van der Waals surface area (Å²) in [6.45, 7) is 6.30. The first-order chi connectivity index (χ1) is 11.5.